The van der Waals surface area contributed by atoms with Gasteiger partial charge in [0.05, 0.1) is 6.04 Å². The second-order valence-electron chi connectivity index (χ2n) is 4.97. The highest BCUT2D eigenvalue weighted by Gasteiger charge is 2.31. The summed E-state index contributed by atoms with van der Waals surface area (Å²) in [5, 5.41) is 0. The molecule has 2 rings (SSSR count). The van der Waals surface area contributed by atoms with E-state index in [0.717, 1.165) is 31.8 Å². The van der Waals surface area contributed by atoms with Gasteiger partial charge in [0, 0.05) is 13.1 Å². The van der Waals surface area contributed by atoms with Crippen molar-refractivity contribution < 1.29 is 4.79 Å². The summed E-state index contributed by atoms with van der Waals surface area (Å²) in [6.45, 7) is 4.47. The molecule has 0 saturated carbocycles. The average Bonchev–Trinajstić information content (AvgIpc) is 2.75. The molecule has 0 spiro atoms. The van der Waals surface area contributed by atoms with E-state index < -0.39 is 0 Å². The lowest BCUT2D eigenvalue weighted by Crippen LogP contribution is -2.42. The topological polar surface area (TPSA) is 49.6 Å². The predicted octanol–water partition coefficient (Wildman–Crippen LogP) is 0.310. The first-order chi connectivity index (χ1) is 7.16. The zero-order valence-corrected chi connectivity index (χ0v) is 10.7. The molecule has 0 radical (unpaired) electrons. The first-order valence-corrected chi connectivity index (χ1v) is 5.88. The van der Waals surface area contributed by atoms with Gasteiger partial charge in [-0.25, -0.2) is 0 Å². The molecule has 2 aliphatic rings. The molecule has 2 N–H and O–H groups in total. The van der Waals surface area contributed by atoms with Gasteiger partial charge in [0.1, 0.15) is 0 Å². The highest BCUT2D eigenvalue weighted by molar-refractivity contribution is 5.85. The fourth-order valence-corrected chi connectivity index (χ4v) is 2.87. The Hall–Kier alpha value is -0.320. The number of likely N-dealkylation sites (tertiary alicyclic amines) is 2. The maximum Gasteiger partial charge on any atom is 0.234 e. The van der Waals surface area contributed by atoms with Crippen molar-refractivity contribution in [3.05, 3.63) is 0 Å². The molecule has 4 nitrogen and oxygen atoms in total. The van der Waals surface area contributed by atoms with Gasteiger partial charge in [-0.3, -0.25) is 9.69 Å². The zero-order chi connectivity index (χ0) is 10.8. The molecular formula is C11H22ClN3O. The maximum absolute atomic E-state index is 11.2. The highest BCUT2D eigenvalue weighted by Crippen LogP contribution is 2.22. The van der Waals surface area contributed by atoms with Crippen LogP contribution in [0.4, 0.5) is 0 Å². The molecular weight excluding hydrogens is 226 g/mol. The number of nitrogens with zero attached hydrogens (tertiary/aromatic N) is 2. The summed E-state index contributed by atoms with van der Waals surface area (Å²) in [7, 11) is 2.16. The molecule has 0 bridgehead atoms. The van der Waals surface area contributed by atoms with Gasteiger partial charge in [-0.1, -0.05) is 0 Å². The van der Waals surface area contributed by atoms with Crippen LogP contribution in [-0.2, 0) is 4.79 Å². The molecule has 1 amide bonds. The fraction of sp³-hybridized carbons (Fsp3) is 0.909. The van der Waals surface area contributed by atoms with Gasteiger partial charge in [-0.2, -0.15) is 0 Å². The van der Waals surface area contributed by atoms with E-state index in [-0.39, 0.29) is 24.4 Å². The normalized spacial score (nSPS) is 31.6. The minimum atomic E-state index is -0.140. The molecule has 0 aromatic rings. The van der Waals surface area contributed by atoms with E-state index in [9.17, 15) is 4.79 Å². The van der Waals surface area contributed by atoms with E-state index in [0.29, 0.717) is 0 Å². The van der Waals surface area contributed by atoms with Crippen LogP contribution in [-0.4, -0.2) is 55.0 Å². The average molecular weight is 248 g/mol. The van der Waals surface area contributed by atoms with Gasteiger partial charge in [-0.15, -0.1) is 12.4 Å². The van der Waals surface area contributed by atoms with Crippen molar-refractivity contribution in [2.45, 2.75) is 25.3 Å². The van der Waals surface area contributed by atoms with Crippen LogP contribution in [0.2, 0.25) is 0 Å². The monoisotopic (exact) mass is 247 g/mol. The molecule has 2 atom stereocenters. The number of amides is 1. The van der Waals surface area contributed by atoms with Gasteiger partial charge in [-0.05, 0) is 45.3 Å². The van der Waals surface area contributed by atoms with Crippen molar-refractivity contribution in [3.63, 3.8) is 0 Å². The molecule has 1 unspecified atom stereocenters. The van der Waals surface area contributed by atoms with Crippen LogP contribution in [0.5, 0.6) is 0 Å². The standard InChI is InChI=1S/C11H21N3O.ClH/c1-13-6-4-9(7-13)8-14-5-2-3-10(14)11(12)15;/h9-10H,2-8H2,1H3,(H2,12,15);1H/t9-,10?;/m0./s1. The Bertz CT molecular complexity index is 249. The zero-order valence-electron chi connectivity index (χ0n) is 9.89. The summed E-state index contributed by atoms with van der Waals surface area (Å²) in [5.74, 6) is 0.591. The van der Waals surface area contributed by atoms with Crippen LogP contribution in [0.15, 0.2) is 0 Å². The summed E-state index contributed by atoms with van der Waals surface area (Å²) < 4.78 is 0. The molecule has 0 aliphatic carbocycles. The third-order valence-electron chi connectivity index (χ3n) is 3.67. The smallest absolute Gasteiger partial charge is 0.234 e. The Labute approximate surface area is 104 Å². The van der Waals surface area contributed by atoms with Crippen LogP contribution >= 0.6 is 12.4 Å². The van der Waals surface area contributed by atoms with Crippen LogP contribution in [0, 0.1) is 5.92 Å². The van der Waals surface area contributed by atoms with E-state index in [2.05, 4.69) is 16.8 Å². The molecule has 16 heavy (non-hydrogen) atoms. The maximum atomic E-state index is 11.2. The lowest BCUT2D eigenvalue weighted by molar-refractivity contribution is -0.122. The molecule has 0 aromatic heterocycles. The molecule has 2 saturated heterocycles. The highest BCUT2D eigenvalue weighted by atomic mass is 35.5. The molecule has 2 heterocycles. The van der Waals surface area contributed by atoms with Gasteiger partial charge in [0.25, 0.3) is 0 Å². The summed E-state index contributed by atoms with van der Waals surface area (Å²) in [6.07, 6.45) is 3.34. The van der Waals surface area contributed by atoms with E-state index in [1.165, 1.54) is 19.5 Å². The number of rotatable bonds is 3. The second kappa shape index (κ2) is 5.84. The van der Waals surface area contributed by atoms with Crippen molar-refractivity contribution in [1.29, 1.82) is 0 Å². The number of halogens is 1. The van der Waals surface area contributed by atoms with E-state index in [4.69, 9.17) is 5.73 Å². The Morgan fingerprint density at radius 1 is 1.38 bits per heavy atom. The van der Waals surface area contributed by atoms with Crippen LogP contribution in [0.3, 0.4) is 0 Å². The minimum Gasteiger partial charge on any atom is -0.368 e. The number of carbonyl (C=O) groups is 1. The third kappa shape index (κ3) is 3.09. The number of primary amides is 1. The van der Waals surface area contributed by atoms with Gasteiger partial charge >= 0.3 is 0 Å². The SMILES string of the molecule is CN1CC[C@H](CN2CCCC2C(N)=O)C1.Cl. The first-order valence-electron chi connectivity index (χ1n) is 5.88. The van der Waals surface area contributed by atoms with Crippen LogP contribution in [0.1, 0.15) is 19.3 Å². The molecule has 2 aliphatic heterocycles. The summed E-state index contributed by atoms with van der Waals surface area (Å²) in [6, 6.07) is 0.0101. The van der Waals surface area contributed by atoms with Crippen LogP contribution in [0.25, 0.3) is 0 Å². The third-order valence-corrected chi connectivity index (χ3v) is 3.67. The summed E-state index contributed by atoms with van der Waals surface area (Å²) >= 11 is 0. The van der Waals surface area contributed by atoms with Crippen LogP contribution < -0.4 is 5.73 Å². The Kier molecular flexibility index (Phi) is 5.02. The van der Waals surface area contributed by atoms with E-state index >= 15 is 0 Å². The Morgan fingerprint density at radius 3 is 2.69 bits per heavy atom. The number of nitrogens with two attached hydrogens (primary N) is 1. The van der Waals surface area contributed by atoms with Gasteiger partial charge in [0.15, 0.2) is 0 Å². The van der Waals surface area contributed by atoms with Crippen molar-refractivity contribution in [3.8, 4) is 0 Å². The summed E-state index contributed by atoms with van der Waals surface area (Å²) in [4.78, 5) is 15.9. The van der Waals surface area contributed by atoms with Crippen molar-refractivity contribution in [1.82, 2.24) is 9.80 Å². The summed E-state index contributed by atoms with van der Waals surface area (Å²) in [5.41, 5.74) is 5.40. The molecule has 0 aromatic carbocycles. The lowest BCUT2D eigenvalue weighted by Gasteiger charge is -2.24. The largest absolute Gasteiger partial charge is 0.368 e. The Morgan fingerprint density at radius 2 is 2.12 bits per heavy atom. The minimum absolute atomic E-state index is 0. The number of hydrogen-bond acceptors (Lipinski definition) is 3. The van der Waals surface area contributed by atoms with Crippen molar-refractivity contribution >= 4 is 18.3 Å². The van der Waals surface area contributed by atoms with E-state index in [1.54, 1.807) is 0 Å². The second-order valence-corrected chi connectivity index (χ2v) is 4.97. The van der Waals surface area contributed by atoms with Gasteiger partial charge < -0.3 is 10.6 Å². The lowest BCUT2D eigenvalue weighted by atomic mass is 10.1. The first kappa shape index (κ1) is 13.7. The van der Waals surface area contributed by atoms with E-state index in [1.807, 2.05) is 0 Å². The Balaban J connectivity index is 0.00000128. The predicted molar refractivity (Wildman–Crippen MR) is 66.6 cm³/mol. The number of hydrogen-bond donors (Lipinski definition) is 1. The van der Waals surface area contributed by atoms with Gasteiger partial charge in [0.2, 0.25) is 5.91 Å². The number of carbonyl (C=O) groups excluding carboxylic acids is 1. The molecule has 5 heteroatoms. The molecule has 94 valence electrons. The molecule has 2 fully saturated rings. The van der Waals surface area contributed by atoms with Crippen molar-refractivity contribution in [2.75, 3.05) is 33.2 Å². The van der Waals surface area contributed by atoms with Crippen molar-refractivity contribution in [2.24, 2.45) is 11.7 Å². The fourth-order valence-electron chi connectivity index (χ4n) is 2.87. The quantitative estimate of drug-likeness (QED) is 0.781.